The SMILES string of the molecule is C/C=C/C=C/C(=O)N1CCCCC1C(=O)O. The van der Waals surface area contributed by atoms with Gasteiger partial charge in [0.2, 0.25) is 5.91 Å². The Morgan fingerprint density at radius 1 is 1.31 bits per heavy atom. The molecule has 1 unspecified atom stereocenters. The Morgan fingerprint density at radius 2 is 2.06 bits per heavy atom. The number of carbonyl (C=O) groups excluding carboxylic acids is 1. The molecule has 0 aliphatic carbocycles. The van der Waals surface area contributed by atoms with Gasteiger partial charge in [-0.2, -0.15) is 0 Å². The van der Waals surface area contributed by atoms with Crippen molar-refractivity contribution in [2.45, 2.75) is 32.2 Å². The molecule has 1 aliphatic rings. The van der Waals surface area contributed by atoms with E-state index in [0.29, 0.717) is 13.0 Å². The van der Waals surface area contributed by atoms with Crippen LogP contribution in [0.25, 0.3) is 0 Å². The van der Waals surface area contributed by atoms with Crippen molar-refractivity contribution in [2.24, 2.45) is 0 Å². The minimum Gasteiger partial charge on any atom is -0.480 e. The normalized spacial score (nSPS) is 21.8. The van der Waals surface area contributed by atoms with Crippen LogP contribution in [0.2, 0.25) is 0 Å². The third-order valence-corrected chi connectivity index (χ3v) is 2.61. The van der Waals surface area contributed by atoms with Gasteiger partial charge < -0.3 is 10.0 Å². The molecule has 4 nitrogen and oxygen atoms in total. The summed E-state index contributed by atoms with van der Waals surface area (Å²) < 4.78 is 0. The van der Waals surface area contributed by atoms with Crippen LogP contribution in [0.15, 0.2) is 24.3 Å². The van der Waals surface area contributed by atoms with E-state index in [4.69, 9.17) is 5.11 Å². The molecule has 1 N–H and O–H groups in total. The lowest BCUT2D eigenvalue weighted by molar-refractivity contribution is -0.150. The highest BCUT2D eigenvalue weighted by molar-refractivity contribution is 5.91. The van der Waals surface area contributed by atoms with Crippen molar-refractivity contribution in [3.05, 3.63) is 24.3 Å². The van der Waals surface area contributed by atoms with Crippen molar-refractivity contribution in [3.8, 4) is 0 Å². The fraction of sp³-hybridized carbons (Fsp3) is 0.500. The Kier molecular flexibility index (Phi) is 4.76. The van der Waals surface area contributed by atoms with Crippen LogP contribution in [0.3, 0.4) is 0 Å². The summed E-state index contributed by atoms with van der Waals surface area (Å²) >= 11 is 0. The van der Waals surface area contributed by atoms with E-state index in [-0.39, 0.29) is 5.91 Å². The van der Waals surface area contributed by atoms with Crippen LogP contribution in [0.4, 0.5) is 0 Å². The van der Waals surface area contributed by atoms with Crippen LogP contribution < -0.4 is 0 Å². The summed E-state index contributed by atoms with van der Waals surface area (Å²) in [5.41, 5.74) is 0. The third-order valence-electron chi connectivity index (χ3n) is 2.61. The maximum atomic E-state index is 11.7. The van der Waals surface area contributed by atoms with Crippen LogP contribution in [0.1, 0.15) is 26.2 Å². The van der Waals surface area contributed by atoms with Gasteiger partial charge in [0.1, 0.15) is 6.04 Å². The largest absolute Gasteiger partial charge is 0.480 e. The maximum Gasteiger partial charge on any atom is 0.326 e. The average Bonchev–Trinajstić information content (AvgIpc) is 2.29. The quantitative estimate of drug-likeness (QED) is 0.584. The minimum absolute atomic E-state index is 0.217. The van der Waals surface area contributed by atoms with E-state index < -0.39 is 12.0 Å². The van der Waals surface area contributed by atoms with Crippen LogP contribution in [-0.2, 0) is 9.59 Å². The zero-order chi connectivity index (χ0) is 12.0. The van der Waals surface area contributed by atoms with Crippen molar-refractivity contribution in [1.29, 1.82) is 0 Å². The summed E-state index contributed by atoms with van der Waals surface area (Å²) in [5.74, 6) is -1.13. The number of amides is 1. The molecule has 0 aromatic rings. The number of carboxylic acid groups (broad SMARTS) is 1. The fourth-order valence-corrected chi connectivity index (χ4v) is 1.80. The molecule has 1 atom stereocenters. The van der Waals surface area contributed by atoms with Crippen LogP contribution in [-0.4, -0.2) is 34.5 Å². The van der Waals surface area contributed by atoms with Gasteiger partial charge in [-0.15, -0.1) is 0 Å². The summed E-state index contributed by atoms with van der Waals surface area (Å²) in [6.45, 7) is 2.39. The van der Waals surface area contributed by atoms with Gasteiger partial charge in [-0.05, 0) is 26.2 Å². The molecule has 4 heteroatoms. The summed E-state index contributed by atoms with van der Waals surface area (Å²) in [4.78, 5) is 24.1. The molecule has 16 heavy (non-hydrogen) atoms. The standard InChI is InChI=1S/C12H17NO3/c1-2-3-4-8-11(14)13-9-6-5-7-10(13)12(15)16/h2-4,8,10H,5-7,9H2,1H3,(H,15,16)/b3-2+,8-4+. The zero-order valence-electron chi connectivity index (χ0n) is 9.43. The molecule has 1 aliphatic heterocycles. The Bertz CT molecular complexity index is 320. The van der Waals surface area contributed by atoms with Gasteiger partial charge in [0.25, 0.3) is 0 Å². The van der Waals surface area contributed by atoms with Crippen molar-refractivity contribution < 1.29 is 14.7 Å². The highest BCUT2D eigenvalue weighted by Gasteiger charge is 2.30. The molecule has 0 spiro atoms. The number of carboxylic acids is 1. The van der Waals surface area contributed by atoms with E-state index in [9.17, 15) is 9.59 Å². The topological polar surface area (TPSA) is 57.6 Å². The van der Waals surface area contributed by atoms with E-state index in [0.717, 1.165) is 12.8 Å². The molecule has 0 aromatic carbocycles. The zero-order valence-corrected chi connectivity index (χ0v) is 9.43. The summed E-state index contributed by atoms with van der Waals surface area (Å²) in [5, 5.41) is 9.00. The highest BCUT2D eigenvalue weighted by atomic mass is 16.4. The van der Waals surface area contributed by atoms with E-state index in [1.165, 1.54) is 11.0 Å². The lowest BCUT2D eigenvalue weighted by Gasteiger charge is -2.32. The molecule has 0 aromatic heterocycles. The number of carbonyl (C=O) groups is 2. The third kappa shape index (κ3) is 3.22. The first-order valence-electron chi connectivity index (χ1n) is 5.49. The molecule has 0 saturated carbocycles. The molecule has 1 fully saturated rings. The lowest BCUT2D eigenvalue weighted by Crippen LogP contribution is -2.47. The summed E-state index contributed by atoms with van der Waals surface area (Å²) in [6.07, 6.45) is 8.92. The van der Waals surface area contributed by atoms with Gasteiger partial charge in [0, 0.05) is 12.6 Å². The number of rotatable bonds is 3. The van der Waals surface area contributed by atoms with Crippen LogP contribution in [0.5, 0.6) is 0 Å². The number of piperidine rings is 1. The van der Waals surface area contributed by atoms with Gasteiger partial charge in [-0.25, -0.2) is 4.79 Å². The molecule has 1 saturated heterocycles. The Balaban J connectivity index is 2.67. The predicted molar refractivity (Wildman–Crippen MR) is 60.9 cm³/mol. The van der Waals surface area contributed by atoms with E-state index in [1.54, 1.807) is 12.2 Å². The predicted octanol–water partition coefficient (Wildman–Crippen LogP) is 1.58. The number of hydrogen-bond donors (Lipinski definition) is 1. The number of likely N-dealkylation sites (tertiary alicyclic amines) is 1. The second kappa shape index (κ2) is 6.10. The monoisotopic (exact) mass is 223 g/mol. The van der Waals surface area contributed by atoms with Crippen molar-refractivity contribution >= 4 is 11.9 Å². The lowest BCUT2D eigenvalue weighted by atomic mass is 10.0. The second-order valence-electron chi connectivity index (χ2n) is 3.77. The Hall–Kier alpha value is -1.58. The first-order chi connectivity index (χ1) is 7.66. The first-order valence-corrected chi connectivity index (χ1v) is 5.49. The van der Waals surface area contributed by atoms with Crippen LogP contribution >= 0.6 is 0 Å². The first kappa shape index (κ1) is 12.5. The average molecular weight is 223 g/mol. The van der Waals surface area contributed by atoms with Crippen molar-refractivity contribution in [1.82, 2.24) is 4.90 Å². The van der Waals surface area contributed by atoms with E-state index in [1.807, 2.05) is 13.0 Å². The molecule has 1 amide bonds. The number of allylic oxidation sites excluding steroid dienone is 3. The van der Waals surface area contributed by atoms with E-state index in [2.05, 4.69) is 0 Å². The van der Waals surface area contributed by atoms with Gasteiger partial charge >= 0.3 is 5.97 Å². The molecule has 0 radical (unpaired) electrons. The second-order valence-corrected chi connectivity index (χ2v) is 3.77. The Labute approximate surface area is 95.2 Å². The van der Waals surface area contributed by atoms with Gasteiger partial charge in [0.15, 0.2) is 0 Å². The summed E-state index contributed by atoms with van der Waals surface area (Å²) in [7, 11) is 0. The van der Waals surface area contributed by atoms with E-state index >= 15 is 0 Å². The smallest absolute Gasteiger partial charge is 0.326 e. The minimum atomic E-state index is -0.910. The molecular weight excluding hydrogens is 206 g/mol. The number of nitrogens with zero attached hydrogens (tertiary/aromatic N) is 1. The molecular formula is C12H17NO3. The number of aliphatic carboxylic acids is 1. The van der Waals surface area contributed by atoms with Crippen molar-refractivity contribution in [2.75, 3.05) is 6.54 Å². The highest BCUT2D eigenvalue weighted by Crippen LogP contribution is 2.17. The molecule has 88 valence electrons. The summed E-state index contributed by atoms with van der Waals surface area (Å²) in [6, 6.07) is -0.656. The van der Waals surface area contributed by atoms with Gasteiger partial charge in [0.05, 0.1) is 0 Å². The van der Waals surface area contributed by atoms with Gasteiger partial charge in [-0.3, -0.25) is 4.79 Å². The molecule has 0 bridgehead atoms. The molecule has 1 heterocycles. The Morgan fingerprint density at radius 3 is 2.69 bits per heavy atom. The van der Waals surface area contributed by atoms with Crippen molar-refractivity contribution in [3.63, 3.8) is 0 Å². The fourth-order valence-electron chi connectivity index (χ4n) is 1.80. The molecule has 1 rings (SSSR count). The maximum absolute atomic E-state index is 11.7. The number of hydrogen-bond acceptors (Lipinski definition) is 2. The van der Waals surface area contributed by atoms with Gasteiger partial charge in [-0.1, -0.05) is 18.2 Å². The van der Waals surface area contributed by atoms with Crippen LogP contribution in [0, 0.1) is 0 Å².